The summed E-state index contributed by atoms with van der Waals surface area (Å²) in [6.45, 7) is 7.64. The Balaban J connectivity index is 1.80. The number of thiazole rings is 1. The first kappa shape index (κ1) is 21.0. The van der Waals surface area contributed by atoms with Gasteiger partial charge < -0.3 is 11.1 Å². The second-order valence-corrected chi connectivity index (χ2v) is 7.67. The smallest absolute Gasteiger partial charge is 0.383 e. The van der Waals surface area contributed by atoms with Crippen molar-refractivity contribution in [3.8, 4) is 0 Å². The third kappa shape index (κ3) is 4.48. The fourth-order valence-corrected chi connectivity index (χ4v) is 3.71. The van der Waals surface area contributed by atoms with E-state index in [1.54, 1.807) is 6.20 Å². The first-order chi connectivity index (χ1) is 13.6. The van der Waals surface area contributed by atoms with Crippen molar-refractivity contribution in [3.05, 3.63) is 63.1 Å². The maximum atomic E-state index is 13.0. The molecule has 0 aliphatic heterocycles. The molecule has 0 saturated carbocycles. The fraction of sp³-hybridized carbons (Fsp3) is 0.222. The Morgan fingerprint density at radius 1 is 1.24 bits per heavy atom. The maximum absolute atomic E-state index is 13.0. The summed E-state index contributed by atoms with van der Waals surface area (Å²) in [6, 6.07) is 0.838. The van der Waals surface area contributed by atoms with E-state index in [1.165, 1.54) is 17.7 Å². The number of rotatable bonds is 5. The monoisotopic (exact) mass is 440 g/mol. The molecule has 0 unspecified atom stereocenters. The molecule has 3 heterocycles. The Morgan fingerprint density at radius 2 is 1.97 bits per heavy atom. The summed E-state index contributed by atoms with van der Waals surface area (Å²) in [5, 5.41) is 3.05. The maximum Gasteiger partial charge on any atom is 0.418 e. The van der Waals surface area contributed by atoms with E-state index in [2.05, 4.69) is 31.8 Å². The van der Waals surface area contributed by atoms with Gasteiger partial charge in [-0.3, -0.25) is 0 Å². The van der Waals surface area contributed by atoms with Crippen molar-refractivity contribution in [3.63, 3.8) is 0 Å². The summed E-state index contributed by atoms with van der Waals surface area (Å²) in [4.78, 5) is 17.2. The molecule has 0 saturated heterocycles. The molecule has 0 radical (unpaired) electrons. The largest absolute Gasteiger partial charge is 0.418 e. The number of pyridine rings is 1. The van der Waals surface area contributed by atoms with Gasteiger partial charge in [0, 0.05) is 18.0 Å². The van der Waals surface area contributed by atoms with Crippen molar-refractivity contribution in [2.75, 3.05) is 11.1 Å². The molecule has 6 nitrogen and oxygen atoms in total. The third-order valence-electron chi connectivity index (χ3n) is 4.20. The van der Waals surface area contributed by atoms with E-state index in [1.807, 2.05) is 13.8 Å². The van der Waals surface area contributed by atoms with Crippen LogP contribution in [0.2, 0.25) is 5.02 Å². The van der Waals surface area contributed by atoms with Gasteiger partial charge in [0.15, 0.2) is 0 Å². The third-order valence-corrected chi connectivity index (χ3v) is 5.74. The molecule has 0 spiro atoms. The first-order valence-electron chi connectivity index (χ1n) is 8.29. The number of nitrogens with zero attached hydrogens (tertiary/aromatic N) is 4. The van der Waals surface area contributed by atoms with Crippen molar-refractivity contribution in [2.45, 2.75) is 25.9 Å². The molecular formula is C18H16ClF3N6S. The standard InChI is InChI=1S/C18H16ClF3N6S/c1-8-15(26-7-27-16(8)23)9(2)17-25-6-13(29-17)10(3)28-14-4-11(18(20,21)22)12(19)5-24-14/h4-7,9H,3H2,1-2H3,(H,24,28)(H2,23,26,27)/t9-/m0/s1. The Bertz CT molecular complexity index is 1070. The summed E-state index contributed by atoms with van der Waals surface area (Å²) in [5.41, 5.74) is 6.76. The first-order valence-corrected chi connectivity index (χ1v) is 9.49. The number of hydrogen-bond donors (Lipinski definition) is 2. The predicted molar refractivity (Wildman–Crippen MR) is 108 cm³/mol. The molecular weight excluding hydrogens is 425 g/mol. The Kier molecular flexibility index (Phi) is 5.76. The fourth-order valence-electron chi connectivity index (χ4n) is 2.60. The minimum Gasteiger partial charge on any atom is -0.383 e. The summed E-state index contributed by atoms with van der Waals surface area (Å²) in [5.74, 6) is 0.241. The van der Waals surface area contributed by atoms with Crippen LogP contribution in [0.15, 0.2) is 31.4 Å². The molecule has 0 fully saturated rings. The van der Waals surface area contributed by atoms with Gasteiger partial charge in [0.2, 0.25) is 0 Å². The van der Waals surface area contributed by atoms with Gasteiger partial charge in [-0.1, -0.05) is 25.1 Å². The van der Waals surface area contributed by atoms with E-state index in [0.717, 1.165) is 28.5 Å². The van der Waals surface area contributed by atoms with Gasteiger partial charge in [-0.05, 0) is 13.0 Å². The van der Waals surface area contributed by atoms with Crippen LogP contribution in [0.4, 0.5) is 24.8 Å². The van der Waals surface area contributed by atoms with Crippen molar-refractivity contribution in [2.24, 2.45) is 0 Å². The van der Waals surface area contributed by atoms with Gasteiger partial charge in [-0.2, -0.15) is 13.2 Å². The Labute approximate surface area is 173 Å². The number of hydrogen-bond acceptors (Lipinski definition) is 7. The molecule has 3 aromatic rings. The lowest BCUT2D eigenvalue weighted by molar-refractivity contribution is -0.137. The van der Waals surface area contributed by atoms with E-state index < -0.39 is 16.8 Å². The summed E-state index contributed by atoms with van der Waals surface area (Å²) < 4.78 is 39.0. The van der Waals surface area contributed by atoms with Crippen LogP contribution in [0, 0.1) is 6.92 Å². The number of aromatic nitrogens is 4. The summed E-state index contributed by atoms with van der Waals surface area (Å²) in [6.07, 6.45) is -0.648. The highest BCUT2D eigenvalue weighted by Gasteiger charge is 2.33. The van der Waals surface area contributed by atoms with Crippen LogP contribution in [0.5, 0.6) is 0 Å². The molecule has 3 aromatic heterocycles. The highest BCUT2D eigenvalue weighted by atomic mass is 35.5. The van der Waals surface area contributed by atoms with Crippen LogP contribution in [-0.4, -0.2) is 19.9 Å². The molecule has 3 rings (SSSR count). The number of halogens is 4. The van der Waals surface area contributed by atoms with Crippen molar-refractivity contribution in [1.82, 2.24) is 19.9 Å². The molecule has 0 amide bonds. The lowest BCUT2D eigenvalue weighted by Gasteiger charge is -2.12. The average molecular weight is 441 g/mol. The molecule has 11 heteroatoms. The van der Waals surface area contributed by atoms with Crippen LogP contribution >= 0.6 is 22.9 Å². The summed E-state index contributed by atoms with van der Waals surface area (Å²) in [7, 11) is 0. The van der Waals surface area contributed by atoms with Crippen molar-refractivity contribution < 1.29 is 13.2 Å². The number of nitrogens with two attached hydrogens (primary N) is 1. The van der Waals surface area contributed by atoms with Gasteiger partial charge in [-0.15, -0.1) is 11.3 Å². The number of anilines is 2. The second-order valence-electron chi connectivity index (χ2n) is 6.20. The van der Waals surface area contributed by atoms with Crippen LogP contribution < -0.4 is 11.1 Å². The van der Waals surface area contributed by atoms with Crippen LogP contribution in [0.3, 0.4) is 0 Å². The molecule has 0 aliphatic rings. The van der Waals surface area contributed by atoms with E-state index in [4.69, 9.17) is 17.3 Å². The lowest BCUT2D eigenvalue weighted by Crippen LogP contribution is -2.08. The minimum atomic E-state index is -4.58. The zero-order valence-electron chi connectivity index (χ0n) is 15.4. The van der Waals surface area contributed by atoms with Crippen LogP contribution in [-0.2, 0) is 6.18 Å². The van der Waals surface area contributed by atoms with E-state index in [-0.39, 0.29) is 11.7 Å². The average Bonchev–Trinajstić information content (AvgIpc) is 3.14. The van der Waals surface area contributed by atoms with Gasteiger partial charge in [0.05, 0.1) is 32.8 Å². The van der Waals surface area contributed by atoms with Crippen molar-refractivity contribution in [1.29, 1.82) is 0 Å². The van der Waals surface area contributed by atoms with Gasteiger partial charge in [0.25, 0.3) is 0 Å². The van der Waals surface area contributed by atoms with E-state index in [9.17, 15) is 13.2 Å². The van der Waals surface area contributed by atoms with Gasteiger partial charge in [-0.25, -0.2) is 19.9 Å². The zero-order valence-corrected chi connectivity index (χ0v) is 17.0. The highest BCUT2D eigenvalue weighted by Crippen LogP contribution is 2.36. The topological polar surface area (TPSA) is 89.6 Å². The summed E-state index contributed by atoms with van der Waals surface area (Å²) >= 11 is 6.93. The molecule has 152 valence electrons. The lowest BCUT2D eigenvalue weighted by atomic mass is 10.0. The normalized spacial score (nSPS) is 12.6. The highest BCUT2D eigenvalue weighted by molar-refractivity contribution is 7.12. The zero-order chi connectivity index (χ0) is 21.3. The molecule has 0 aliphatic carbocycles. The quantitative estimate of drug-likeness (QED) is 0.572. The van der Waals surface area contributed by atoms with Crippen molar-refractivity contribution >= 4 is 40.3 Å². The van der Waals surface area contributed by atoms with Gasteiger partial charge >= 0.3 is 6.18 Å². The molecule has 0 bridgehead atoms. The van der Waals surface area contributed by atoms with Crippen LogP contribution in [0.25, 0.3) is 5.70 Å². The van der Waals surface area contributed by atoms with Crippen LogP contribution in [0.1, 0.15) is 39.5 Å². The van der Waals surface area contributed by atoms with E-state index >= 15 is 0 Å². The Hall–Kier alpha value is -2.72. The number of nitrogen functional groups attached to an aromatic ring is 1. The SMILES string of the molecule is C=C(Nc1cc(C(F)(F)F)c(Cl)cn1)c1cnc([C@@H](C)c2ncnc(N)c2C)s1. The second kappa shape index (κ2) is 7.96. The molecule has 29 heavy (non-hydrogen) atoms. The predicted octanol–water partition coefficient (Wildman–Crippen LogP) is 5.13. The number of nitrogens with one attached hydrogen (secondary N) is 1. The van der Waals surface area contributed by atoms with Gasteiger partial charge in [0.1, 0.15) is 23.0 Å². The molecule has 1 atom stereocenters. The molecule has 0 aromatic carbocycles. The Morgan fingerprint density at radius 3 is 2.66 bits per heavy atom. The minimum absolute atomic E-state index is 0.0193. The molecule has 3 N–H and O–H groups in total. The van der Waals surface area contributed by atoms with E-state index in [0.29, 0.717) is 16.4 Å². The number of alkyl halides is 3.